The van der Waals surface area contributed by atoms with E-state index in [2.05, 4.69) is 0 Å². The highest BCUT2D eigenvalue weighted by Gasteiger charge is 2.14. The Kier molecular flexibility index (Phi) is 4.23. The van der Waals surface area contributed by atoms with Gasteiger partial charge in [0.1, 0.15) is 0 Å². The van der Waals surface area contributed by atoms with Crippen LogP contribution in [0.2, 0.25) is 0 Å². The molecule has 1 aromatic carbocycles. The van der Waals surface area contributed by atoms with E-state index in [0.29, 0.717) is 11.3 Å². The van der Waals surface area contributed by atoms with Crippen LogP contribution in [-0.2, 0) is 4.79 Å². The number of methoxy groups -OCH3 is 1. The van der Waals surface area contributed by atoms with Crippen molar-refractivity contribution in [2.24, 2.45) is 5.73 Å². The molecule has 0 heterocycles. The third-order valence-electron chi connectivity index (χ3n) is 2.25. The molecule has 0 radical (unpaired) electrons. The predicted octanol–water partition coefficient (Wildman–Crippen LogP) is 1.07. The molecule has 0 amide bonds. The van der Waals surface area contributed by atoms with E-state index in [4.69, 9.17) is 15.2 Å². The molecule has 2 N–H and O–H groups in total. The van der Waals surface area contributed by atoms with E-state index < -0.39 is 5.97 Å². The summed E-state index contributed by atoms with van der Waals surface area (Å²) in [5, 5.41) is 0. The lowest BCUT2D eigenvalue weighted by Crippen LogP contribution is -2.15. The molecular formula is C12H15NO4. The second kappa shape index (κ2) is 5.45. The van der Waals surface area contributed by atoms with Gasteiger partial charge >= 0.3 is 5.97 Å². The Hall–Kier alpha value is -1.88. The molecule has 1 aromatic rings. The summed E-state index contributed by atoms with van der Waals surface area (Å²) < 4.78 is 10.0. The molecule has 5 nitrogen and oxygen atoms in total. The van der Waals surface area contributed by atoms with Crippen LogP contribution in [-0.4, -0.2) is 25.4 Å². The van der Waals surface area contributed by atoms with Crippen molar-refractivity contribution in [1.29, 1.82) is 0 Å². The molecule has 92 valence electrons. The summed E-state index contributed by atoms with van der Waals surface area (Å²) >= 11 is 0. The number of carbonyl (C=O) groups is 2. The molecular weight excluding hydrogens is 222 g/mol. The van der Waals surface area contributed by atoms with Gasteiger partial charge in [-0.05, 0) is 24.6 Å². The van der Waals surface area contributed by atoms with Gasteiger partial charge in [0.25, 0.3) is 0 Å². The summed E-state index contributed by atoms with van der Waals surface area (Å²) in [6.07, 6.45) is 0. The van der Waals surface area contributed by atoms with Crippen molar-refractivity contribution < 1.29 is 19.1 Å². The zero-order valence-corrected chi connectivity index (χ0v) is 10.1. The minimum Gasteiger partial charge on any atom is -0.493 e. The van der Waals surface area contributed by atoms with E-state index in [-0.39, 0.29) is 18.1 Å². The molecule has 0 bridgehead atoms. The van der Waals surface area contributed by atoms with Crippen molar-refractivity contribution in [3.05, 3.63) is 23.3 Å². The van der Waals surface area contributed by atoms with Crippen molar-refractivity contribution in [3.8, 4) is 11.5 Å². The number of hydrogen-bond acceptors (Lipinski definition) is 5. The molecule has 0 aromatic heterocycles. The van der Waals surface area contributed by atoms with Crippen LogP contribution in [0, 0.1) is 6.92 Å². The van der Waals surface area contributed by atoms with Crippen LogP contribution in [0.15, 0.2) is 12.1 Å². The molecule has 0 unspecified atom stereocenters. The van der Waals surface area contributed by atoms with Crippen LogP contribution in [0.1, 0.15) is 22.8 Å². The fourth-order valence-corrected chi connectivity index (χ4v) is 1.47. The largest absolute Gasteiger partial charge is 0.493 e. The third-order valence-corrected chi connectivity index (χ3v) is 2.25. The van der Waals surface area contributed by atoms with E-state index in [9.17, 15) is 9.59 Å². The predicted molar refractivity (Wildman–Crippen MR) is 62.4 cm³/mol. The first kappa shape index (κ1) is 13.2. The molecule has 0 spiro atoms. The van der Waals surface area contributed by atoms with Crippen molar-refractivity contribution in [3.63, 3.8) is 0 Å². The van der Waals surface area contributed by atoms with Gasteiger partial charge in [-0.15, -0.1) is 0 Å². The Balaban J connectivity index is 3.26. The van der Waals surface area contributed by atoms with Crippen molar-refractivity contribution in [1.82, 2.24) is 0 Å². The highest BCUT2D eigenvalue weighted by Crippen LogP contribution is 2.30. The molecule has 5 heteroatoms. The maximum absolute atomic E-state index is 11.6. The Labute approximate surface area is 99.5 Å². The Morgan fingerprint density at radius 2 is 1.94 bits per heavy atom. The molecule has 1 rings (SSSR count). The van der Waals surface area contributed by atoms with E-state index in [0.717, 1.165) is 5.56 Å². The van der Waals surface area contributed by atoms with Crippen molar-refractivity contribution >= 4 is 11.8 Å². The van der Waals surface area contributed by atoms with Gasteiger partial charge in [-0.25, -0.2) is 0 Å². The first-order valence-corrected chi connectivity index (χ1v) is 5.10. The van der Waals surface area contributed by atoms with Crippen LogP contribution in [0.5, 0.6) is 11.5 Å². The topological polar surface area (TPSA) is 78.6 Å². The van der Waals surface area contributed by atoms with Gasteiger partial charge < -0.3 is 15.2 Å². The standard InChI is InChI=1S/C12H15NO4/c1-7-4-11(16-3)12(17-8(2)14)5-9(7)10(15)6-13/h4-5H,6,13H2,1-3H3. The maximum atomic E-state index is 11.6. The summed E-state index contributed by atoms with van der Waals surface area (Å²) in [7, 11) is 1.46. The number of ketones is 1. The summed E-state index contributed by atoms with van der Waals surface area (Å²) in [4.78, 5) is 22.5. The summed E-state index contributed by atoms with van der Waals surface area (Å²) in [5.41, 5.74) is 6.47. The lowest BCUT2D eigenvalue weighted by Gasteiger charge is -2.11. The van der Waals surface area contributed by atoms with Crippen LogP contribution >= 0.6 is 0 Å². The summed E-state index contributed by atoms with van der Waals surface area (Å²) in [5.74, 6) is -0.0504. The van der Waals surface area contributed by atoms with Crippen molar-refractivity contribution in [2.45, 2.75) is 13.8 Å². The lowest BCUT2D eigenvalue weighted by molar-refractivity contribution is -0.132. The smallest absolute Gasteiger partial charge is 0.308 e. The van der Waals surface area contributed by atoms with Gasteiger partial charge in [0.2, 0.25) is 0 Å². The average Bonchev–Trinajstić information content (AvgIpc) is 2.29. The number of Topliss-reactive ketones (excluding diaryl/α,β-unsaturated/α-hetero) is 1. The molecule has 0 aliphatic heterocycles. The van der Waals surface area contributed by atoms with Crippen LogP contribution in [0.4, 0.5) is 0 Å². The monoisotopic (exact) mass is 237 g/mol. The van der Waals surface area contributed by atoms with E-state index in [1.165, 1.54) is 20.1 Å². The van der Waals surface area contributed by atoms with E-state index in [1.807, 2.05) is 0 Å². The molecule has 0 aliphatic carbocycles. The molecule has 0 atom stereocenters. The van der Waals surface area contributed by atoms with Gasteiger partial charge in [0, 0.05) is 12.5 Å². The fourth-order valence-electron chi connectivity index (χ4n) is 1.47. The number of aryl methyl sites for hydroxylation is 1. The van der Waals surface area contributed by atoms with Gasteiger partial charge in [-0.1, -0.05) is 0 Å². The number of rotatable bonds is 4. The van der Waals surface area contributed by atoms with Gasteiger partial charge in [-0.2, -0.15) is 0 Å². The molecule has 17 heavy (non-hydrogen) atoms. The Morgan fingerprint density at radius 3 is 2.41 bits per heavy atom. The van der Waals surface area contributed by atoms with E-state index in [1.54, 1.807) is 13.0 Å². The number of esters is 1. The quantitative estimate of drug-likeness (QED) is 0.481. The first-order valence-electron chi connectivity index (χ1n) is 5.10. The highest BCUT2D eigenvalue weighted by molar-refractivity contribution is 5.99. The lowest BCUT2D eigenvalue weighted by atomic mass is 10.0. The molecule has 0 aliphatic rings. The molecule has 0 fully saturated rings. The molecule has 0 saturated carbocycles. The second-order valence-electron chi connectivity index (χ2n) is 3.54. The first-order chi connectivity index (χ1) is 7.99. The number of nitrogens with two attached hydrogens (primary N) is 1. The number of benzene rings is 1. The molecule has 0 saturated heterocycles. The van der Waals surface area contributed by atoms with Crippen molar-refractivity contribution in [2.75, 3.05) is 13.7 Å². The minimum absolute atomic E-state index is 0.0906. The van der Waals surface area contributed by atoms with Crippen LogP contribution in [0.25, 0.3) is 0 Å². The summed E-state index contributed by atoms with van der Waals surface area (Å²) in [6.45, 7) is 2.96. The van der Waals surface area contributed by atoms with Gasteiger partial charge in [-0.3, -0.25) is 9.59 Å². The summed E-state index contributed by atoms with van der Waals surface area (Å²) in [6, 6.07) is 3.12. The third kappa shape index (κ3) is 3.04. The number of hydrogen-bond donors (Lipinski definition) is 1. The fraction of sp³-hybridized carbons (Fsp3) is 0.333. The normalized spacial score (nSPS) is 9.88. The van der Waals surface area contributed by atoms with Crippen LogP contribution < -0.4 is 15.2 Å². The van der Waals surface area contributed by atoms with Crippen LogP contribution in [0.3, 0.4) is 0 Å². The minimum atomic E-state index is -0.474. The second-order valence-corrected chi connectivity index (χ2v) is 3.54. The number of ether oxygens (including phenoxy) is 2. The average molecular weight is 237 g/mol. The van der Waals surface area contributed by atoms with Gasteiger partial charge in [0.15, 0.2) is 17.3 Å². The number of carbonyl (C=O) groups excluding carboxylic acids is 2. The maximum Gasteiger partial charge on any atom is 0.308 e. The van der Waals surface area contributed by atoms with E-state index >= 15 is 0 Å². The highest BCUT2D eigenvalue weighted by atomic mass is 16.6. The zero-order valence-electron chi connectivity index (χ0n) is 10.1. The Bertz CT molecular complexity index is 454. The SMILES string of the molecule is COc1cc(C)c(C(=O)CN)cc1OC(C)=O. The Morgan fingerprint density at radius 1 is 1.29 bits per heavy atom. The van der Waals surface area contributed by atoms with Gasteiger partial charge in [0.05, 0.1) is 13.7 Å². The zero-order chi connectivity index (χ0) is 13.0.